The molecule has 0 aliphatic carbocycles. The predicted octanol–water partition coefficient (Wildman–Crippen LogP) is 0.935. The highest BCUT2D eigenvalue weighted by atomic mass is 16.4. The first-order chi connectivity index (χ1) is 9.10. The van der Waals surface area contributed by atoms with E-state index >= 15 is 0 Å². The summed E-state index contributed by atoms with van der Waals surface area (Å²) in [7, 11) is 0. The minimum Gasteiger partial charge on any atom is -0.502 e. The molecular formula is C13H15NO5. The topological polar surface area (TPSA) is 99.8 Å². The van der Waals surface area contributed by atoms with Crippen molar-refractivity contribution in [2.75, 3.05) is 6.61 Å². The Morgan fingerprint density at radius 1 is 1.42 bits per heavy atom. The number of fused-ring (bicyclic) bond motifs is 1. The van der Waals surface area contributed by atoms with Crippen LogP contribution in [0, 0.1) is 0 Å². The first kappa shape index (κ1) is 13.4. The van der Waals surface area contributed by atoms with E-state index in [-0.39, 0.29) is 23.7 Å². The largest absolute Gasteiger partial charge is 0.502 e. The first-order valence-corrected chi connectivity index (χ1v) is 6.08. The Bertz CT molecular complexity index is 587. The lowest BCUT2D eigenvalue weighted by atomic mass is 10.1. The number of amides is 1. The maximum absolute atomic E-state index is 11.9. The van der Waals surface area contributed by atoms with Crippen molar-refractivity contribution in [3.8, 4) is 5.75 Å². The lowest BCUT2D eigenvalue weighted by Gasteiger charge is -2.07. The van der Waals surface area contributed by atoms with E-state index in [2.05, 4.69) is 5.32 Å². The maximum atomic E-state index is 11.9. The third kappa shape index (κ3) is 2.26. The lowest BCUT2D eigenvalue weighted by Crippen LogP contribution is -2.23. The summed E-state index contributed by atoms with van der Waals surface area (Å²) in [5, 5.41) is 21.3. The molecule has 2 rings (SSSR count). The van der Waals surface area contributed by atoms with Crippen LogP contribution in [0.1, 0.15) is 47.7 Å². The van der Waals surface area contributed by atoms with Crippen molar-refractivity contribution in [3.63, 3.8) is 0 Å². The van der Waals surface area contributed by atoms with Gasteiger partial charge < -0.3 is 19.9 Å². The SMILES string of the molecule is CCC/C=C/c1oc2c(c(=O)c1O)C(=O)N[C@H]2CO. The first-order valence-electron chi connectivity index (χ1n) is 6.08. The Morgan fingerprint density at radius 3 is 2.79 bits per heavy atom. The zero-order chi connectivity index (χ0) is 14.0. The molecule has 2 heterocycles. The van der Waals surface area contributed by atoms with Gasteiger partial charge in [-0.1, -0.05) is 19.4 Å². The highest BCUT2D eigenvalue weighted by Crippen LogP contribution is 2.28. The van der Waals surface area contributed by atoms with Crippen LogP contribution in [0.4, 0.5) is 0 Å². The van der Waals surface area contributed by atoms with E-state index in [1.807, 2.05) is 6.92 Å². The molecule has 0 saturated carbocycles. The van der Waals surface area contributed by atoms with Gasteiger partial charge in [-0.3, -0.25) is 9.59 Å². The molecule has 6 nitrogen and oxygen atoms in total. The van der Waals surface area contributed by atoms with Crippen LogP contribution in [0.3, 0.4) is 0 Å². The lowest BCUT2D eigenvalue weighted by molar-refractivity contribution is 0.0940. The molecule has 0 fully saturated rings. The van der Waals surface area contributed by atoms with Gasteiger partial charge in [0.05, 0.1) is 6.61 Å². The van der Waals surface area contributed by atoms with Gasteiger partial charge in [-0.2, -0.15) is 0 Å². The minimum atomic E-state index is -0.772. The average molecular weight is 265 g/mol. The molecule has 3 N–H and O–H groups in total. The molecule has 102 valence electrons. The Labute approximate surface area is 109 Å². The van der Waals surface area contributed by atoms with Crippen LogP contribution in [-0.2, 0) is 0 Å². The van der Waals surface area contributed by atoms with Crippen LogP contribution in [-0.4, -0.2) is 22.7 Å². The van der Waals surface area contributed by atoms with E-state index in [0.29, 0.717) is 0 Å². The summed E-state index contributed by atoms with van der Waals surface area (Å²) in [5.41, 5.74) is -1.00. The molecule has 1 atom stereocenters. The number of carbonyl (C=O) groups excluding carboxylic acids is 1. The molecule has 1 aliphatic rings. The maximum Gasteiger partial charge on any atom is 0.259 e. The summed E-state index contributed by atoms with van der Waals surface area (Å²) in [6.45, 7) is 1.62. The molecule has 6 heteroatoms. The Hall–Kier alpha value is -2.08. The standard InChI is InChI=1S/C13H15NO5/c1-2-3-4-5-8-10(16)11(17)9-12(19-8)7(6-15)14-13(9)18/h4-5,7,15-16H,2-3,6H2,1H3,(H,14,18)/b5-4+/t7-/m0/s1. The number of allylic oxidation sites excluding steroid dienone is 1. The molecule has 0 saturated heterocycles. The fourth-order valence-corrected chi connectivity index (χ4v) is 1.91. The molecule has 1 aromatic heterocycles. The predicted molar refractivity (Wildman–Crippen MR) is 67.9 cm³/mol. The molecule has 19 heavy (non-hydrogen) atoms. The number of aromatic hydroxyl groups is 1. The summed E-state index contributed by atoms with van der Waals surface area (Å²) < 4.78 is 5.37. The van der Waals surface area contributed by atoms with E-state index < -0.39 is 23.1 Å². The third-order valence-electron chi connectivity index (χ3n) is 2.90. The second-order valence-electron chi connectivity index (χ2n) is 4.28. The summed E-state index contributed by atoms with van der Waals surface area (Å²) >= 11 is 0. The molecule has 0 bridgehead atoms. The van der Waals surface area contributed by atoms with Gasteiger partial charge >= 0.3 is 0 Å². The average Bonchev–Trinajstić information content (AvgIpc) is 2.72. The smallest absolute Gasteiger partial charge is 0.259 e. The van der Waals surface area contributed by atoms with Gasteiger partial charge in [-0.15, -0.1) is 0 Å². The number of carbonyl (C=O) groups is 1. The fourth-order valence-electron chi connectivity index (χ4n) is 1.91. The quantitative estimate of drug-likeness (QED) is 0.752. The Kier molecular flexibility index (Phi) is 3.71. The van der Waals surface area contributed by atoms with E-state index in [9.17, 15) is 14.7 Å². The van der Waals surface area contributed by atoms with Crippen LogP contribution < -0.4 is 10.7 Å². The number of hydrogen-bond acceptors (Lipinski definition) is 5. The second-order valence-corrected chi connectivity index (χ2v) is 4.28. The van der Waals surface area contributed by atoms with E-state index in [0.717, 1.165) is 12.8 Å². The monoisotopic (exact) mass is 265 g/mol. The Balaban J connectivity index is 2.53. The van der Waals surface area contributed by atoms with Gasteiger partial charge in [-0.05, 0) is 12.5 Å². The second kappa shape index (κ2) is 5.27. The zero-order valence-electron chi connectivity index (χ0n) is 10.5. The van der Waals surface area contributed by atoms with Gasteiger partial charge in [-0.25, -0.2) is 0 Å². The van der Waals surface area contributed by atoms with Crippen molar-refractivity contribution in [2.45, 2.75) is 25.8 Å². The van der Waals surface area contributed by atoms with Crippen molar-refractivity contribution in [1.82, 2.24) is 5.32 Å². The van der Waals surface area contributed by atoms with Gasteiger partial charge in [0.2, 0.25) is 11.2 Å². The number of aliphatic hydroxyl groups is 1. The van der Waals surface area contributed by atoms with Crippen molar-refractivity contribution in [3.05, 3.63) is 33.4 Å². The van der Waals surface area contributed by atoms with Crippen molar-refractivity contribution >= 4 is 12.0 Å². The van der Waals surface area contributed by atoms with Crippen LogP contribution in [0.15, 0.2) is 15.3 Å². The minimum absolute atomic E-state index is 0.00662. The van der Waals surface area contributed by atoms with Gasteiger partial charge in [0.15, 0.2) is 5.76 Å². The molecule has 0 radical (unpaired) electrons. The van der Waals surface area contributed by atoms with Crippen molar-refractivity contribution in [2.24, 2.45) is 0 Å². The number of rotatable bonds is 4. The van der Waals surface area contributed by atoms with Gasteiger partial charge in [0, 0.05) is 0 Å². The van der Waals surface area contributed by atoms with E-state index in [1.54, 1.807) is 6.08 Å². The molecule has 0 unspecified atom stereocenters. The van der Waals surface area contributed by atoms with Crippen LogP contribution in [0.25, 0.3) is 6.08 Å². The zero-order valence-corrected chi connectivity index (χ0v) is 10.5. The fraction of sp³-hybridized carbons (Fsp3) is 0.385. The Morgan fingerprint density at radius 2 is 2.16 bits per heavy atom. The van der Waals surface area contributed by atoms with Crippen LogP contribution in [0.5, 0.6) is 5.75 Å². The van der Waals surface area contributed by atoms with E-state index in [4.69, 9.17) is 9.52 Å². The van der Waals surface area contributed by atoms with Gasteiger partial charge in [0.25, 0.3) is 5.91 Å². The summed E-state index contributed by atoms with van der Waals surface area (Å²) in [6, 6.07) is -0.742. The normalized spacial score (nSPS) is 17.8. The number of nitrogens with one attached hydrogen (secondary N) is 1. The van der Waals surface area contributed by atoms with Crippen LogP contribution >= 0.6 is 0 Å². The van der Waals surface area contributed by atoms with Crippen LogP contribution in [0.2, 0.25) is 0 Å². The molecule has 0 aromatic carbocycles. The summed E-state index contributed by atoms with van der Waals surface area (Å²) in [6.07, 6.45) is 4.97. The van der Waals surface area contributed by atoms with Gasteiger partial charge in [0.1, 0.15) is 17.4 Å². The molecule has 1 aromatic rings. The van der Waals surface area contributed by atoms with Crippen molar-refractivity contribution in [1.29, 1.82) is 0 Å². The summed E-state index contributed by atoms with van der Waals surface area (Å²) in [4.78, 5) is 23.5. The number of hydrogen-bond donors (Lipinski definition) is 3. The highest BCUT2D eigenvalue weighted by molar-refractivity contribution is 5.98. The van der Waals surface area contributed by atoms with Crippen molar-refractivity contribution < 1.29 is 19.4 Å². The number of aliphatic hydroxyl groups excluding tert-OH is 1. The molecular weight excluding hydrogens is 250 g/mol. The molecule has 0 spiro atoms. The third-order valence-corrected chi connectivity index (χ3v) is 2.90. The number of unbranched alkanes of at least 4 members (excludes halogenated alkanes) is 1. The van der Waals surface area contributed by atoms with E-state index in [1.165, 1.54) is 6.08 Å². The molecule has 1 aliphatic heterocycles. The summed E-state index contributed by atoms with van der Waals surface area (Å²) in [5.74, 6) is -1.14. The highest BCUT2D eigenvalue weighted by Gasteiger charge is 2.35. The molecule has 1 amide bonds.